The molecule has 3 heteroatoms. The second-order valence-corrected chi connectivity index (χ2v) is 4.03. The fourth-order valence-corrected chi connectivity index (χ4v) is 1.86. The van der Waals surface area contributed by atoms with Gasteiger partial charge in [-0.05, 0) is 31.3 Å². The van der Waals surface area contributed by atoms with Gasteiger partial charge >= 0.3 is 0 Å². The number of nitrogens with two attached hydrogens (primary N) is 1. The van der Waals surface area contributed by atoms with Gasteiger partial charge < -0.3 is 10.5 Å². The lowest BCUT2D eigenvalue weighted by atomic mass is 10.1. The van der Waals surface area contributed by atoms with Crippen LogP contribution in [0.25, 0.3) is 0 Å². The summed E-state index contributed by atoms with van der Waals surface area (Å²) >= 11 is 0. The van der Waals surface area contributed by atoms with Gasteiger partial charge in [0.15, 0.2) is 6.10 Å². The van der Waals surface area contributed by atoms with Crippen LogP contribution in [0, 0.1) is 0 Å². The number of primary amides is 1. The first-order chi connectivity index (χ1) is 7.25. The van der Waals surface area contributed by atoms with Gasteiger partial charge in [-0.3, -0.25) is 4.79 Å². The van der Waals surface area contributed by atoms with Crippen molar-refractivity contribution in [2.24, 2.45) is 5.73 Å². The first-order valence-corrected chi connectivity index (χ1v) is 5.85. The summed E-state index contributed by atoms with van der Waals surface area (Å²) in [6, 6.07) is 0. The number of rotatable bonds is 7. The second kappa shape index (κ2) is 6.62. The van der Waals surface area contributed by atoms with Crippen LogP contribution in [-0.4, -0.2) is 18.6 Å². The summed E-state index contributed by atoms with van der Waals surface area (Å²) in [6.45, 7) is 2.78. The molecule has 1 aliphatic carbocycles. The Morgan fingerprint density at radius 2 is 2.40 bits per heavy atom. The van der Waals surface area contributed by atoms with E-state index in [1.807, 2.05) is 0 Å². The Balaban J connectivity index is 2.34. The molecule has 0 saturated heterocycles. The van der Waals surface area contributed by atoms with Crippen molar-refractivity contribution in [1.82, 2.24) is 0 Å². The Bertz CT molecular complexity index is 236. The van der Waals surface area contributed by atoms with E-state index in [1.54, 1.807) is 0 Å². The normalized spacial score (nSPS) is 17.5. The van der Waals surface area contributed by atoms with Crippen molar-refractivity contribution in [2.75, 3.05) is 6.61 Å². The highest BCUT2D eigenvalue weighted by Crippen LogP contribution is 2.22. The molecule has 1 aliphatic rings. The summed E-state index contributed by atoms with van der Waals surface area (Å²) in [6.07, 6.45) is 8.07. The highest BCUT2D eigenvalue weighted by atomic mass is 16.5. The number of unbranched alkanes of at least 4 members (excludes halogenated alkanes) is 2. The van der Waals surface area contributed by atoms with Crippen molar-refractivity contribution in [3.63, 3.8) is 0 Å². The molecule has 2 N–H and O–H groups in total. The van der Waals surface area contributed by atoms with Crippen LogP contribution in [0.15, 0.2) is 11.6 Å². The summed E-state index contributed by atoms with van der Waals surface area (Å²) in [7, 11) is 0. The largest absolute Gasteiger partial charge is 0.367 e. The topological polar surface area (TPSA) is 52.3 Å². The third kappa shape index (κ3) is 4.04. The highest BCUT2D eigenvalue weighted by Gasteiger charge is 2.22. The van der Waals surface area contributed by atoms with Gasteiger partial charge in [0.05, 0.1) is 0 Å². The Morgan fingerprint density at radius 1 is 1.60 bits per heavy atom. The lowest BCUT2D eigenvalue weighted by molar-refractivity contribution is -0.127. The molecule has 0 fully saturated rings. The van der Waals surface area contributed by atoms with Crippen molar-refractivity contribution < 1.29 is 9.53 Å². The van der Waals surface area contributed by atoms with E-state index in [0.29, 0.717) is 6.61 Å². The first kappa shape index (κ1) is 12.2. The Hall–Kier alpha value is -0.830. The van der Waals surface area contributed by atoms with Crippen LogP contribution in [0.2, 0.25) is 0 Å². The fraction of sp³-hybridized carbons (Fsp3) is 0.750. The first-order valence-electron chi connectivity index (χ1n) is 5.85. The van der Waals surface area contributed by atoms with Crippen LogP contribution in [0.4, 0.5) is 0 Å². The zero-order valence-corrected chi connectivity index (χ0v) is 9.50. The standard InChI is InChI=1S/C12H21NO2/c1-2-3-6-9-15-11(12(13)14)10-7-4-5-8-10/h7,11H,2-6,8-9H2,1H3,(H2,13,14). The predicted molar refractivity (Wildman–Crippen MR) is 60.4 cm³/mol. The van der Waals surface area contributed by atoms with E-state index < -0.39 is 6.10 Å². The van der Waals surface area contributed by atoms with Gasteiger partial charge in [-0.15, -0.1) is 0 Å². The minimum atomic E-state index is -0.468. The van der Waals surface area contributed by atoms with Gasteiger partial charge in [-0.2, -0.15) is 0 Å². The number of carbonyl (C=O) groups excluding carboxylic acids is 1. The Labute approximate surface area is 91.7 Å². The van der Waals surface area contributed by atoms with Crippen LogP contribution >= 0.6 is 0 Å². The second-order valence-electron chi connectivity index (χ2n) is 4.03. The third-order valence-electron chi connectivity index (χ3n) is 2.70. The maximum Gasteiger partial charge on any atom is 0.250 e. The summed E-state index contributed by atoms with van der Waals surface area (Å²) in [5, 5.41) is 0. The molecule has 15 heavy (non-hydrogen) atoms. The van der Waals surface area contributed by atoms with Crippen molar-refractivity contribution in [3.8, 4) is 0 Å². The van der Waals surface area contributed by atoms with Crippen LogP contribution in [0.3, 0.4) is 0 Å². The van der Waals surface area contributed by atoms with Crippen LogP contribution in [0.1, 0.15) is 45.4 Å². The molecular weight excluding hydrogens is 190 g/mol. The molecule has 1 unspecified atom stereocenters. The van der Waals surface area contributed by atoms with Crippen LogP contribution < -0.4 is 5.73 Å². The van der Waals surface area contributed by atoms with E-state index in [4.69, 9.17) is 10.5 Å². The number of carbonyl (C=O) groups is 1. The van der Waals surface area contributed by atoms with Gasteiger partial charge in [-0.25, -0.2) is 0 Å². The van der Waals surface area contributed by atoms with Gasteiger partial charge in [0.25, 0.3) is 5.91 Å². The van der Waals surface area contributed by atoms with E-state index in [9.17, 15) is 4.79 Å². The zero-order valence-electron chi connectivity index (χ0n) is 9.50. The van der Waals surface area contributed by atoms with E-state index in [-0.39, 0.29) is 5.91 Å². The van der Waals surface area contributed by atoms with Crippen molar-refractivity contribution >= 4 is 5.91 Å². The highest BCUT2D eigenvalue weighted by molar-refractivity contribution is 5.82. The third-order valence-corrected chi connectivity index (χ3v) is 2.70. The number of hydrogen-bond acceptors (Lipinski definition) is 2. The number of allylic oxidation sites excluding steroid dienone is 1. The molecule has 0 aliphatic heterocycles. The Morgan fingerprint density at radius 3 is 2.93 bits per heavy atom. The van der Waals surface area contributed by atoms with E-state index in [0.717, 1.165) is 44.1 Å². The number of hydrogen-bond donors (Lipinski definition) is 1. The molecule has 1 amide bonds. The summed E-state index contributed by atoms with van der Waals surface area (Å²) in [5.41, 5.74) is 6.41. The van der Waals surface area contributed by atoms with Gasteiger partial charge in [-0.1, -0.05) is 25.8 Å². The maximum absolute atomic E-state index is 11.2. The summed E-state index contributed by atoms with van der Waals surface area (Å²) in [5.74, 6) is -0.348. The quantitative estimate of drug-likeness (QED) is 0.518. The van der Waals surface area contributed by atoms with Crippen molar-refractivity contribution in [3.05, 3.63) is 11.6 Å². The van der Waals surface area contributed by atoms with Crippen molar-refractivity contribution in [1.29, 1.82) is 0 Å². The molecule has 0 bridgehead atoms. The molecule has 0 aromatic rings. The minimum absolute atomic E-state index is 0.348. The molecule has 0 heterocycles. The van der Waals surface area contributed by atoms with E-state index in [1.165, 1.54) is 0 Å². The molecule has 1 atom stereocenters. The smallest absolute Gasteiger partial charge is 0.250 e. The van der Waals surface area contributed by atoms with E-state index >= 15 is 0 Å². The Kier molecular flexibility index (Phi) is 5.40. The average molecular weight is 211 g/mol. The molecule has 1 rings (SSSR count). The van der Waals surface area contributed by atoms with Gasteiger partial charge in [0.1, 0.15) is 0 Å². The fourth-order valence-electron chi connectivity index (χ4n) is 1.86. The number of amides is 1. The molecule has 86 valence electrons. The summed E-state index contributed by atoms with van der Waals surface area (Å²) in [4.78, 5) is 11.2. The molecular formula is C12H21NO2. The SMILES string of the molecule is CCCCCOC(C(N)=O)C1=CCCC1. The van der Waals surface area contributed by atoms with Gasteiger partial charge in [0.2, 0.25) is 0 Å². The number of ether oxygens (including phenoxy) is 1. The molecule has 0 spiro atoms. The average Bonchev–Trinajstić information content (AvgIpc) is 2.70. The molecule has 3 nitrogen and oxygen atoms in total. The minimum Gasteiger partial charge on any atom is -0.367 e. The summed E-state index contributed by atoms with van der Waals surface area (Å²) < 4.78 is 5.55. The van der Waals surface area contributed by atoms with Gasteiger partial charge in [0, 0.05) is 6.61 Å². The molecule has 0 saturated carbocycles. The monoisotopic (exact) mass is 211 g/mol. The lowest BCUT2D eigenvalue weighted by Gasteiger charge is -2.15. The van der Waals surface area contributed by atoms with Crippen molar-refractivity contribution in [2.45, 2.75) is 51.6 Å². The van der Waals surface area contributed by atoms with Crippen LogP contribution in [-0.2, 0) is 9.53 Å². The predicted octanol–water partition coefficient (Wildman–Crippen LogP) is 2.16. The van der Waals surface area contributed by atoms with Crippen LogP contribution in [0.5, 0.6) is 0 Å². The maximum atomic E-state index is 11.2. The molecule has 0 aromatic heterocycles. The molecule has 0 aromatic carbocycles. The zero-order chi connectivity index (χ0) is 11.1. The van der Waals surface area contributed by atoms with E-state index in [2.05, 4.69) is 13.0 Å². The molecule has 0 radical (unpaired) electrons. The lowest BCUT2D eigenvalue weighted by Crippen LogP contribution is -2.32.